The van der Waals surface area contributed by atoms with Crippen LogP contribution in [0.15, 0.2) is 27.6 Å². The normalized spacial score (nSPS) is 21.9. The van der Waals surface area contributed by atoms with Gasteiger partial charge in [-0.25, -0.2) is 8.42 Å². The summed E-state index contributed by atoms with van der Waals surface area (Å²) in [5.41, 5.74) is 6.65. The maximum Gasteiger partial charge on any atom is 0.243 e. The van der Waals surface area contributed by atoms with Gasteiger partial charge in [0.2, 0.25) is 10.0 Å². The van der Waals surface area contributed by atoms with Gasteiger partial charge in [0.05, 0.1) is 4.90 Å². The molecule has 0 bridgehead atoms. The Balaban J connectivity index is 2.35. The molecule has 17 heavy (non-hydrogen) atoms. The third-order valence-corrected chi connectivity index (χ3v) is 5.71. The van der Waals surface area contributed by atoms with Crippen molar-refractivity contribution in [3.8, 4) is 0 Å². The fraction of sp³-hybridized carbons (Fsp3) is 0.455. The van der Waals surface area contributed by atoms with Crippen LogP contribution in [-0.2, 0) is 10.0 Å². The maximum atomic E-state index is 12.3. The van der Waals surface area contributed by atoms with Crippen molar-refractivity contribution in [2.45, 2.75) is 24.3 Å². The monoisotopic (exact) mass is 318 g/mol. The number of hydrogen-bond acceptors (Lipinski definition) is 3. The molecule has 0 amide bonds. The molecule has 6 heteroatoms. The molecule has 0 unspecified atom stereocenters. The summed E-state index contributed by atoms with van der Waals surface area (Å²) >= 11 is 3.36. The van der Waals surface area contributed by atoms with E-state index in [9.17, 15) is 8.42 Å². The Morgan fingerprint density at radius 3 is 2.71 bits per heavy atom. The molecular weight excluding hydrogens is 304 g/mol. The van der Waals surface area contributed by atoms with Crippen LogP contribution in [-0.4, -0.2) is 31.9 Å². The summed E-state index contributed by atoms with van der Waals surface area (Å²) in [5, 5.41) is 0. The Bertz CT molecular complexity index is 530. The van der Waals surface area contributed by atoms with Gasteiger partial charge in [-0.1, -0.05) is 15.9 Å². The van der Waals surface area contributed by atoms with Gasteiger partial charge in [0.25, 0.3) is 0 Å². The van der Waals surface area contributed by atoms with Crippen molar-refractivity contribution >= 4 is 26.0 Å². The minimum absolute atomic E-state index is 0.0404. The van der Waals surface area contributed by atoms with E-state index in [0.29, 0.717) is 18.0 Å². The van der Waals surface area contributed by atoms with Crippen molar-refractivity contribution in [3.63, 3.8) is 0 Å². The van der Waals surface area contributed by atoms with E-state index in [0.717, 1.165) is 16.5 Å². The summed E-state index contributed by atoms with van der Waals surface area (Å²) < 4.78 is 27.0. The van der Waals surface area contributed by atoms with Crippen LogP contribution in [0.4, 0.5) is 0 Å². The topological polar surface area (TPSA) is 63.4 Å². The molecule has 0 aromatic heterocycles. The van der Waals surface area contributed by atoms with Gasteiger partial charge in [0.15, 0.2) is 0 Å². The van der Waals surface area contributed by atoms with Crippen LogP contribution in [0.5, 0.6) is 0 Å². The van der Waals surface area contributed by atoms with Gasteiger partial charge < -0.3 is 5.73 Å². The SMILES string of the molecule is Cc1cc(S(=O)(=O)N2CC[C@@H](N)C2)ccc1Br. The second-order valence-electron chi connectivity index (χ2n) is 4.32. The summed E-state index contributed by atoms with van der Waals surface area (Å²) in [4.78, 5) is 0.340. The van der Waals surface area contributed by atoms with Crippen LogP contribution in [0.25, 0.3) is 0 Å². The second kappa shape index (κ2) is 4.68. The maximum absolute atomic E-state index is 12.3. The highest BCUT2D eigenvalue weighted by molar-refractivity contribution is 9.10. The van der Waals surface area contributed by atoms with Crippen LogP contribution in [0.2, 0.25) is 0 Å². The van der Waals surface area contributed by atoms with Crippen molar-refractivity contribution in [1.29, 1.82) is 0 Å². The zero-order valence-electron chi connectivity index (χ0n) is 9.56. The van der Waals surface area contributed by atoms with E-state index in [1.54, 1.807) is 18.2 Å². The Morgan fingerprint density at radius 2 is 2.18 bits per heavy atom. The summed E-state index contributed by atoms with van der Waals surface area (Å²) in [5.74, 6) is 0. The molecule has 1 fully saturated rings. The fourth-order valence-corrected chi connectivity index (χ4v) is 3.74. The Hall–Kier alpha value is -0.430. The van der Waals surface area contributed by atoms with Crippen LogP contribution >= 0.6 is 15.9 Å². The van der Waals surface area contributed by atoms with Gasteiger partial charge in [-0.3, -0.25) is 0 Å². The van der Waals surface area contributed by atoms with E-state index in [2.05, 4.69) is 15.9 Å². The van der Waals surface area contributed by atoms with Crippen LogP contribution < -0.4 is 5.73 Å². The average molecular weight is 319 g/mol. The smallest absolute Gasteiger partial charge is 0.243 e. The number of halogens is 1. The molecule has 2 N–H and O–H groups in total. The second-order valence-corrected chi connectivity index (χ2v) is 7.12. The molecule has 1 aliphatic heterocycles. The molecule has 1 saturated heterocycles. The van der Waals surface area contributed by atoms with Crippen molar-refractivity contribution < 1.29 is 8.42 Å². The molecule has 1 atom stereocenters. The third-order valence-electron chi connectivity index (χ3n) is 2.95. The van der Waals surface area contributed by atoms with E-state index < -0.39 is 10.0 Å². The minimum atomic E-state index is -3.38. The van der Waals surface area contributed by atoms with E-state index >= 15 is 0 Å². The van der Waals surface area contributed by atoms with Gasteiger partial charge in [0.1, 0.15) is 0 Å². The zero-order valence-corrected chi connectivity index (χ0v) is 12.0. The van der Waals surface area contributed by atoms with Gasteiger partial charge in [-0.15, -0.1) is 0 Å². The lowest BCUT2D eigenvalue weighted by Gasteiger charge is -2.16. The molecule has 1 aromatic rings. The Kier molecular flexibility index (Phi) is 3.58. The lowest BCUT2D eigenvalue weighted by Crippen LogP contribution is -2.32. The van der Waals surface area contributed by atoms with Gasteiger partial charge in [-0.05, 0) is 37.1 Å². The van der Waals surface area contributed by atoms with E-state index in [1.807, 2.05) is 6.92 Å². The highest BCUT2D eigenvalue weighted by atomic mass is 79.9. The lowest BCUT2D eigenvalue weighted by molar-refractivity contribution is 0.472. The van der Waals surface area contributed by atoms with Crippen molar-refractivity contribution in [1.82, 2.24) is 4.31 Å². The molecule has 1 aromatic carbocycles. The molecule has 1 aliphatic rings. The molecule has 0 aliphatic carbocycles. The first-order valence-corrected chi connectivity index (χ1v) is 7.66. The van der Waals surface area contributed by atoms with Gasteiger partial charge in [0, 0.05) is 23.6 Å². The number of nitrogens with two attached hydrogens (primary N) is 1. The summed E-state index contributed by atoms with van der Waals surface area (Å²) in [6.45, 7) is 2.80. The first-order valence-electron chi connectivity index (χ1n) is 5.43. The molecule has 94 valence electrons. The largest absolute Gasteiger partial charge is 0.326 e. The van der Waals surface area contributed by atoms with Crippen molar-refractivity contribution in [2.24, 2.45) is 5.73 Å². The van der Waals surface area contributed by atoms with Gasteiger partial charge in [-0.2, -0.15) is 4.31 Å². The minimum Gasteiger partial charge on any atom is -0.326 e. The van der Waals surface area contributed by atoms with Crippen molar-refractivity contribution in [3.05, 3.63) is 28.2 Å². The summed E-state index contributed by atoms with van der Waals surface area (Å²) in [6, 6.07) is 5.03. The van der Waals surface area contributed by atoms with E-state index in [4.69, 9.17) is 5.73 Å². The van der Waals surface area contributed by atoms with Crippen molar-refractivity contribution in [2.75, 3.05) is 13.1 Å². The number of aryl methyl sites for hydroxylation is 1. The predicted molar refractivity (Wildman–Crippen MR) is 70.2 cm³/mol. The molecule has 2 rings (SSSR count). The van der Waals surface area contributed by atoms with Crippen LogP contribution in [0.3, 0.4) is 0 Å². The Morgan fingerprint density at radius 1 is 1.47 bits per heavy atom. The fourth-order valence-electron chi connectivity index (χ4n) is 1.90. The summed E-state index contributed by atoms with van der Waals surface area (Å²) in [6.07, 6.45) is 0.731. The highest BCUT2D eigenvalue weighted by Gasteiger charge is 2.30. The number of benzene rings is 1. The quantitative estimate of drug-likeness (QED) is 0.898. The standard InChI is InChI=1S/C11H15BrN2O2S/c1-8-6-10(2-3-11(8)12)17(15,16)14-5-4-9(13)7-14/h2-3,6,9H,4-5,7,13H2,1H3/t9-/m1/s1. The number of hydrogen-bond donors (Lipinski definition) is 1. The molecule has 0 radical (unpaired) electrons. The number of sulfonamides is 1. The Labute approximate surface area is 110 Å². The number of rotatable bonds is 2. The molecule has 1 heterocycles. The first-order chi connectivity index (χ1) is 7.91. The van der Waals surface area contributed by atoms with E-state index in [1.165, 1.54) is 4.31 Å². The zero-order chi connectivity index (χ0) is 12.6. The van der Waals surface area contributed by atoms with Crippen LogP contribution in [0.1, 0.15) is 12.0 Å². The van der Waals surface area contributed by atoms with E-state index in [-0.39, 0.29) is 6.04 Å². The van der Waals surface area contributed by atoms with Crippen LogP contribution in [0, 0.1) is 6.92 Å². The lowest BCUT2D eigenvalue weighted by atomic mass is 10.2. The van der Waals surface area contributed by atoms with Gasteiger partial charge >= 0.3 is 0 Å². The first kappa shape index (κ1) is 13.0. The third kappa shape index (κ3) is 2.54. The molecule has 4 nitrogen and oxygen atoms in total. The predicted octanol–water partition coefficient (Wildman–Crippen LogP) is 1.48. The summed E-state index contributed by atoms with van der Waals surface area (Å²) in [7, 11) is -3.38. The molecule has 0 spiro atoms. The number of nitrogens with zero attached hydrogens (tertiary/aromatic N) is 1. The highest BCUT2D eigenvalue weighted by Crippen LogP contribution is 2.24. The average Bonchev–Trinajstić information content (AvgIpc) is 2.69. The molecular formula is C11H15BrN2O2S. The molecule has 0 saturated carbocycles.